The first-order valence-corrected chi connectivity index (χ1v) is 0. The van der Waals surface area contributed by atoms with Crippen molar-refractivity contribution in [3.05, 3.63) is 0 Å². The number of hydrogen-bond acceptors (Lipinski definition) is 1. The molecule has 8 radical (unpaired) electrons. The van der Waals surface area contributed by atoms with Crippen LogP contribution in [0.1, 0.15) is 0 Å². The average molecular weight is 247 g/mol. The van der Waals surface area contributed by atoms with Crippen LogP contribution in [-0.2, 0) is 38.8 Å². The molecule has 7 heavy (non-hydrogen) atoms. The van der Waals surface area contributed by atoms with Gasteiger partial charge in [-0.25, -0.2) is 0 Å². The van der Waals surface area contributed by atoms with Gasteiger partial charge in [-0.3, -0.25) is 0 Å². The van der Waals surface area contributed by atoms with Crippen molar-refractivity contribution in [1.29, 1.82) is 0 Å². The summed E-state index contributed by atoms with van der Waals surface area (Å²) in [5.74, 6) is 0. The topological polar surface area (TPSA) is 35.0 Å². The first-order chi connectivity index (χ1) is 0. The fourth-order valence-corrected chi connectivity index (χ4v) is 0. The molecule has 7 heteroatoms. The maximum Gasteiger partial charge on any atom is 0 e. The smallest absolute Gasteiger partial charge is 0 e. The monoisotopic (exact) mass is 247 g/mol. The molecule has 3 N–H and O–H groups in total. The third kappa shape index (κ3) is 41.4. The van der Waals surface area contributed by atoms with E-state index in [0.717, 1.165) is 0 Å². The van der Waals surface area contributed by atoms with E-state index in [1.54, 1.807) is 0 Å². The van der Waals surface area contributed by atoms with Gasteiger partial charge in [-0.2, -0.15) is 13.5 Å². The number of hydrogen-bond donors (Lipinski definition) is 1. The van der Waals surface area contributed by atoms with Crippen molar-refractivity contribution in [2.75, 3.05) is 0 Å². The van der Waals surface area contributed by atoms with Gasteiger partial charge in [0, 0.05) is 111 Å². The Balaban J connectivity index is 0. The second-order valence-electron chi connectivity index (χ2n) is 0. The van der Waals surface area contributed by atoms with E-state index in [1.807, 2.05) is 0 Å². The molecule has 0 fully saturated rings. The van der Waals surface area contributed by atoms with Crippen LogP contribution in [0.4, 0.5) is 0 Å². The van der Waals surface area contributed by atoms with Crippen molar-refractivity contribution < 1.29 is 38.8 Å². The van der Waals surface area contributed by atoms with Crippen molar-refractivity contribution in [3.63, 3.8) is 0 Å². The van der Waals surface area contributed by atoms with Gasteiger partial charge in [0.15, 0.2) is 0 Å². The van der Waals surface area contributed by atoms with Crippen molar-refractivity contribution >= 4 is 85.3 Å². The van der Waals surface area contributed by atoms with Crippen LogP contribution >= 0.6 is 13.5 Å². The summed E-state index contributed by atoms with van der Waals surface area (Å²) in [5, 5.41) is 0. The van der Waals surface area contributed by atoms with Crippen molar-refractivity contribution in [1.82, 2.24) is 6.15 Å². The second kappa shape index (κ2) is 52.7. The molecule has 0 aromatic heterocycles. The Morgan fingerprint density at radius 1 is 1.00 bits per heavy atom. The van der Waals surface area contributed by atoms with Crippen molar-refractivity contribution in [2.24, 2.45) is 0 Å². The van der Waals surface area contributed by atoms with Crippen LogP contribution in [0.15, 0.2) is 0 Å². The Morgan fingerprint density at radius 3 is 1.00 bits per heavy atom. The maximum absolute atomic E-state index is 0. The van der Waals surface area contributed by atoms with Gasteiger partial charge >= 0.3 is 0 Å². The minimum absolute atomic E-state index is 0. The minimum Gasteiger partial charge on any atom is -0.344 e. The van der Waals surface area contributed by atoms with Crippen LogP contribution < -0.4 is 6.15 Å². The quantitative estimate of drug-likeness (QED) is 0.555. The SMILES string of the molecule is N.S.[Ca].[Fe].[Mg].[Si].[Ti]. The van der Waals surface area contributed by atoms with Gasteiger partial charge in [-0.1, -0.05) is 0 Å². The minimum atomic E-state index is 0. The summed E-state index contributed by atoms with van der Waals surface area (Å²) >= 11 is 0. The van der Waals surface area contributed by atoms with Crippen LogP contribution in [0.5, 0.6) is 0 Å². The van der Waals surface area contributed by atoms with E-state index >= 15 is 0 Å². The summed E-state index contributed by atoms with van der Waals surface area (Å²) in [6.07, 6.45) is 0. The zero-order valence-electron chi connectivity index (χ0n) is 3.97. The van der Waals surface area contributed by atoms with Crippen LogP contribution in [0.25, 0.3) is 0 Å². The van der Waals surface area contributed by atoms with Gasteiger partial charge in [0.05, 0.1) is 0 Å². The largest absolute Gasteiger partial charge is 0.344 e. The third-order valence-corrected chi connectivity index (χ3v) is 0. The van der Waals surface area contributed by atoms with Gasteiger partial charge in [-0.15, -0.1) is 0 Å². The summed E-state index contributed by atoms with van der Waals surface area (Å²) in [6, 6.07) is 0. The third-order valence-electron chi connectivity index (χ3n) is 0. The molecule has 0 spiro atoms. The Morgan fingerprint density at radius 2 is 1.00 bits per heavy atom. The zero-order valence-corrected chi connectivity index (χ0v) is 12.3. The molecule has 0 aliphatic carbocycles. The summed E-state index contributed by atoms with van der Waals surface area (Å²) in [7, 11) is 0. The van der Waals surface area contributed by atoms with E-state index in [0.29, 0.717) is 0 Å². The second-order valence-corrected chi connectivity index (χ2v) is 0. The van der Waals surface area contributed by atoms with Gasteiger partial charge in [0.1, 0.15) is 0 Å². The molecule has 0 aromatic rings. The summed E-state index contributed by atoms with van der Waals surface area (Å²) in [4.78, 5) is 0. The molecule has 0 unspecified atom stereocenters. The van der Waals surface area contributed by atoms with E-state index in [9.17, 15) is 0 Å². The Labute approximate surface area is 127 Å². The fourth-order valence-electron chi connectivity index (χ4n) is 0. The van der Waals surface area contributed by atoms with Crippen molar-refractivity contribution in [3.8, 4) is 0 Å². The Kier molecular flexibility index (Phi) is 542. The van der Waals surface area contributed by atoms with E-state index in [-0.39, 0.29) is 130 Å². The molecule has 0 saturated heterocycles. The van der Waals surface area contributed by atoms with Gasteiger partial charge in [0.2, 0.25) is 0 Å². The average Bonchev–Trinajstić information content (AvgIpc) is 0. The molecule has 0 aliphatic heterocycles. The van der Waals surface area contributed by atoms with Crippen LogP contribution in [0.2, 0.25) is 0 Å². The molecular weight excluding hydrogens is 242 g/mol. The molecule has 36 valence electrons. The van der Waals surface area contributed by atoms with E-state index in [1.165, 1.54) is 0 Å². The number of rotatable bonds is 0. The maximum atomic E-state index is 0. The van der Waals surface area contributed by atoms with Gasteiger partial charge < -0.3 is 6.15 Å². The van der Waals surface area contributed by atoms with E-state index in [4.69, 9.17) is 0 Å². The standard InChI is InChI=1S/Ca.Fe.Mg.H3N.H2S.Si.Ti/h;;;1H3;1H2;;. The molecule has 0 saturated carbocycles. The summed E-state index contributed by atoms with van der Waals surface area (Å²) < 4.78 is 0. The first-order valence-electron chi connectivity index (χ1n) is 0. The molecule has 0 amide bonds. The molecule has 0 heterocycles. The van der Waals surface area contributed by atoms with Crippen LogP contribution in [0, 0.1) is 0 Å². The fraction of sp³-hybridized carbons (Fsp3) is 0. The molecule has 0 aliphatic rings. The molecular formula is H5CaFeMgNSSiTi. The predicted octanol–water partition coefficient (Wildman–Crippen LogP) is -0.873. The van der Waals surface area contributed by atoms with Gasteiger partial charge in [0.25, 0.3) is 0 Å². The molecule has 0 rings (SSSR count). The van der Waals surface area contributed by atoms with Crippen molar-refractivity contribution in [2.45, 2.75) is 0 Å². The summed E-state index contributed by atoms with van der Waals surface area (Å²) in [6.45, 7) is 0. The van der Waals surface area contributed by atoms with E-state index in [2.05, 4.69) is 0 Å². The van der Waals surface area contributed by atoms with Gasteiger partial charge in [-0.05, 0) is 0 Å². The summed E-state index contributed by atoms with van der Waals surface area (Å²) in [5.41, 5.74) is 0. The molecule has 0 aromatic carbocycles. The Hall–Kier alpha value is 3.79. The van der Waals surface area contributed by atoms with Crippen LogP contribution in [0.3, 0.4) is 0 Å². The zero-order chi connectivity index (χ0) is 0. The van der Waals surface area contributed by atoms with E-state index < -0.39 is 0 Å². The molecule has 0 bridgehead atoms. The first kappa shape index (κ1) is 72.1. The molecule has 0 atom stereocenters. The normalized spacial score (nSPS) is 0. The molecule has 1 nitrogen and oxygen atoms in total. The van der Waals surface area contributed by atoms with Crippen LogP contribution in [-0.4, -0.2) is 71.8 Å². The Bertz CT molecular complexity index is 19.7. The predicted molar refractivity (Wildman–Crippen MR) is 32.7 cm³/mol.